The molecule has 0 aliphatic carbocycles. The maximum Gasteiger partial charge on any atom is 0.191 e. The van der Waals surface area contributed by atoms with Crippen LogP contribution in [-0.2, 0) is 14.2 Å². The van der Waals surface area contributed by atoms with Crippen molar-refractivity contribution in [3.05, 3.63) is 0 Å². The molecule has 0 aromatic carbocycles. The van der Waals surface area contributed by atoms with Crippen LogP contribution in [0.3, 0.4) is 0 Å². The Morgan fingerprint density at radius 3 is 2.75 bits per heavy atom. The summed E-state index contributed by atoms with van der Waals surface area (Å²) in [6.45, 7) is 12.2. The average Bonchev–Trinajstić information content (AvgIpc) is 3.10. The number of guanidine groups is 1. The highest BCUT2D eigenvalue weighted by atomic mass is 16.5. The Hall–Kier alpha value is -0.890. The average molecular weight is 342 g/mol. The SMILES string of the molecule is CN=C(NCC(C)N1CCOCC1C)NC(C)COC1CCOC1. The molecule has 2 rings (SSSR count). The Morgan fingerprint density at radius 2 is 2.08 bits per heavy atom. The summed E-state index contributed by atoms with van der Waals surface area (Å²) in [6.07, 6.45) is 1.24. The van der Waals surface area contributed by atoms with Gasteiger partial charge in [0, 0.05) is 44.9 Å². The molecule has 0 radical (unpaired) electrons. The summed E-state index contributed by atoms with van der Waals surface area (Å²) in [5.74, 6) is 0.821. The van der Waals surface area contributed by atoms with E-state index in [2.05, 4.69) is 41.3 Å². The van der Waals surface area contributed by atoms with Gasteiger partial charge in [-0.05, 0) is 27.2 Å². The third-order valence-corrected chi connectivity index (χ3v) is 4.63. The van der Waals surface area contributed by atoms with E-state index < -0.39 is 0 Å². The molecule has 2 fully saturated rings. The first kappa shape index (κ1) is 19.4. The molecule has 0 amide bonds. The minimum Gasteiger partial charge on any atom is -0.379 e. The van der Waals surface area contributed by atoms with Gasteiger partial charge in [-0.15, -0.1) is 0 Å². The molecule has 0 aromatic rings. The minimum absolute atomic E-state index is 0.203. The lowest BCUT2D eigenvalue weighted by Crippen LogP contribution is -2.53. The maximum absolute atomic E-state index is 5.85. The Morgan fingerprint density at radius 1 is 1.29 bits per heavy atom. The van der Waals surface area contributed by atoms with Gasteiger partial charge in [-0.3, -0.25) is 9.89 Å². The summed E-state index contributed by atoms with van der Waals surface area (Å²) < 4.78 is 16.7. The van der Waals surface area contributed by atoms with Crippen molar-refractivity contribution in [2.45, 2.75) is 51.4 Å². The number of ether oxygens (including phenoxy) is 3. The van der Waals surface area contributed by atoms with E-state index in [4.69, 9.17) is 14.2 Å². The molecule has 2 aliphatic rings. The summed E-state index contributed by atoms with van der Waals surface area (Å²) in [6, 6.07) is 1.10. The molecule has 24 heavy (non-hydrogen) atoms. The van der Waals surface area contributed by atoms with Crippen LogP contribution >= 0.6 is 0 Å². The largest absolute Gasteiger partial charge is 0.379 e. The van der Waals surface area contributed by atoms with Crippen LogP contribution in [0.15, 0.2) is 4.99 Å². The topological polar surface area (TPSA) is 67.4 Å². The number of rotatable bonds is 7. The second-order valence-corrected chi connectivity index (χ2v) is 6.83. The van der Waals surface area contributed by atoms with Crippen molar-refractivity contribution in [3.8, 4) is 0 Å². The first-order valence-corrected chi connectivity index (χ1v) is 9.10. The normalized spacial score (nSPS) is 28.6. The van der Waals surface area contributed by atoms with Crippen molar-refractivity contribution in [1.82, 2.24) is 15.5 Å². The number of hydrogen-bond donors (Lipinski definition) is 2. The van der Waals surface area contributed by atoms with Crippen LogP contribution in [-0.4, -0.2) is 88.3 Å². The van der Waals surface area contributed by atoms with Gasteiger partial charge in [0.05, 0.1) is 32.5 Å². The fourth-order valence-corrected chi connectivity index (χ4v) is 3.15. The highest BCUT2D eigenvalue weighted by Crippen LogP contribution is 2.10. The van der Waals surface area contributed by atoms with E-state index in [1.54, 1.807) is 7.05 Å². The molecule has 7 nitrogen and oxygen atoms in total. The zero-order chi connectivity index (χ0) is 17.4. The summed E-state index contributed by atoms with van der Waals surface area (Å²) in [7, 11) is 1.80. The fourth-order valence-electron chi connectivity index (χ4n) is 3.15. The number of morpholine rings is 1. The van der Waals surface area contributed by atoms with E-state index in [1.807, 2.05) is 0 Å². The molecule has 0 bridgehead atoms. The minimum atomic E-state index is 0.203. The Kier molecular flexibility index (Phi) is 8.24. The van der Waals surface area contributed by atoms with Crippen molar-refractivity contribution < 1.29 is 14.2 Å². The van der Waals surface area contributed by atoms with Crippen LogP contribution in [0, 0.1) is 0 Å². The Labute approximate surface area is 146 Å². The molecule has 2 aliphatic heterocycles. The highest BCUT2D eigenvalue weighted by molar-refractivity contribution is 5.79. The van der Waals surface area contributed by atoms with E-state index in [0.29, 0.717) is 18.7 Å². The van der Waals surface area contributed by atoms with Crippen LogP contribution in [0.1, 0.15) is 27.2 Å². The van der Waals surface area contributed by atoms with Gasteiger partial charge in [0.25, 0.3) is 0 Å². The molecule has 4 unspecified atom stereocenters. The van der Waals surface area contributed by atoms with E-state index in [1.165, 1.54) is 0 Å². The predicted octanol–water partition coefficient (Wildman–Crippen LogP) is 0.455. The van der Waals surface area contributed by atoms with Crippen LogP contribution in [0.25, 0.3) is 0 Å². The fraction of sp³-hybridized carbons (Fsp3) is 0.941. The van der Waals surface area contributed by atoms with Crippen LogP contribution in [0.5, 0.6) is 0 Å². The van der Waals surface area contributed by atoms with Gasteiger partial charge in [0.1, 0.15) is 0 Å². The predicted molar refractivity (Wildman–Crippen MR) is 95.6 cm³/mol. The summed E-state index contributed by atoms with van der Waals surface area (Å²) in [5.41, 5.74) is 0. The van der Waals surface area contributed by atoms with Crippen molar-refractivity contribution >= 4 is 5.96 Å². The lowest BCUT2D eigenvalue weighted by molar-refractivity contribution is -0.0174. The molecule has 0 saturated carbocycles. The second kappa shape index (κ2) is 10.2. The molecular weight excluding hydrogens is 308 g/mol. The van der Waals surface area contributed by atoms with Gasteiger partial charge < -0.3 is 24.8 Å². The van der Waals surface area contributed by atoms with E-state index in [9.17, 15) is 0 Å². The van der Waals surface area contributed by atoms with Crippen molar-refractivity contribution in [3.63, 3.8) is 0 Å². The third kappa shape index (κ3) is 6.20. The van der Waals surface area contributed by atoms with Crippen molar-refractivity contribution in [2.24, 2.45) is 4.99 Å². The van der Waals surface area contributed by atoms with Crippen molar-refractivity contribution in [1.29, 1.82) is 0 Å². The molecule has 0 aromatic heterocycles. The van der Waals surface area contributed by atoms with Gasteiger partial charge in [-0.2, -0.15) is 0 Å². The molecule has 4 atom stereocenters. The van der Waals surface area contributed by atoms with Gasteiger partial charge in [-0.1, -0.05) is 0 Å². The molecular formula is C17H34N4O3. The second-order valence-electron chi connectivity index (χ2n) is 6.83. The maximum atomic E-state index is 5.85. The van der Waals surface area contributed by atoms with Crippen LogP contribution in [0.2, 0.25) is 0 Å². The van der Waals surface area contributed by atoms with Gasteiger partial charge in [-0.25, -0.2) is 0 Å². The number of nitrogens with zero attached hydrogens (tertiary/aromatic N) is 2. The van der Waals surface area contributed by atoms with Gasteiger partial charge in [0.2, 0.25) is 0 Å². The van der Waals surface area contributed by atoms with Crippen LogP contribution in [0.4, 0.5) is 0 Å². The number of hydrogen-bond acceptors (Lipinski definition) is 5. The first-order chi connectivity index (χ1) is 11.6. The molecule has 0 spiro atoms. The molecule has 2 N–H and O–H groups in total. The summed E-state index contributed by atoms with van der Waals surface area (Å²) in [5, 5.41) is 6.81. The van der Waals surface area contributed by atoms with Crippen LogP contribution < -0.4 is 10.6 Å². The lowest BCUT2D eigenvalue weighted by atomic mass is 10.2. The Bertz CT molecular complexity index is 388. The first-order valence-electron chi connectivity index (χ1n) is 9.10. The summed E-state index contributed by atoms with van der Waals surface area (Å²) in [4.78, 5) is 6.80. The van der Waals surface area contributed by atoms with E-state index >= 15 is 0 Å². The monoisotopic (exact) mass is 342 g/mol. The smallest absolute Gasteiger partial charge is 0.191 e. The van der Waals surface area contributed by atoms with E-state index in [0.717, 1.165) is 51.9 Å². The van der Waals surface area contributed by atoms with E-state index in [-0.39, 0.29) is 12.1 Å². The standard InChI is InChI=1S/C17H34N4O3/c1-13(10-24-16-5-7-22-12-16)20-17(18-4)19-9-14(2)21-6-8-23-11-15(21)3/h13-16H,5-12H2,1-4H3,(H2,18,19,20). The Balaban J connectivity index is 1.67. The highest BCUT2D eigenvalue weighted by Gasteiger charge is 2.23. The van der Waals surface area contributed by atoms with Gasteiger partial charge >= 0.3 is 0 Å². The summed E-state index contributed by atoms with van der Waals surface area (Å²) >= 11 is 0. The zero-order valence-electron chi connectivity index (χ0n) is 15.6. The number of aliphatic imine (C=N–C) groups is 1. The molecule has 7 heteroatoms. The van der Waals surface area contributed by atoms with Crippen molar-refractivity contribution in [2.75, 3.05) is 53.2 Å². The van der Waals surface area contributed by atoms with Gasteiger partial charge in [0.15, 0.2) is 5.96 Å². The number of nitrogens with one attached hydrogen (secondary N) is 2. The third-order valence-electron chi connectivity index (χ3n) is 4.63. The lowest BCUT2D eigenvalue weighted by Gasteiger charge is -2.38. The zero-order valence-corrected chi connectivity index (χ0v) is 15.6. The molecule has 2 saturated heterocycles. The molecule has 140 valence electrons. The quantitative estimate of drug-likeness (QED) is 0.517. The molecule has 2 heterocycles.